The lowest BCUT2D eigenvalue weighted by Crippen LogP contribution is -2.17. The number of methoxy groups -OCH3 is 1. The van der Waals surface area contributed by atoms with Crippen molar-refractivity contribution in [1.29, 1.82) is 0 Å². The van der Waals surface area contributed by atoms with Crippen molar-refractivity contribution in [1.82, 2.24) is 14.5 Å². The number of ether oxygens (including phenoxy) is 1. The lowest BCUT2D eigenvalue weighted by molar-refractivity contribution is 0.414. The first-order valence-electron chi connectivity index (χ1n) is 7.70. The number of thiophene rings is 1. The zero-order valence-corrected chi connectivity index (χ0v) is 14.9. The van der Waals surface area contributed by atoms with Crippen LogP contribution in [0.2, 0.25) is 0 Å². The average Bonchev–Trinajstić information content (AvgIpc) is 3.02. The number of pyridine rings is 1. The lowest BCUT2D eigenvalue weighted by Gasteiger charge is -2.13. The summed E-state index contributed by atoms with van der Waals surface area (Å²) >= 11 is 1.43. The zero-order chi connectivity index (χ0) is 17.6. The molecule has 0 saturated carbocycles. The van der Waals surface area contributed by atoms with Crippen LogP contribution in [0.15, 0.2) is 47.8 Å². The first-order chi connectivity index (χ1) is 12.1. The van der Waals surface area contributed by atoms with E-state index < -0.39 is 0 Å². The highest BCUT2D eigenvalue weighted by atomic mass is 32.1. The average molecular weight is 352 g/mol. The second-order valence-electron chi connectivity index (χ2n) is 5.82. The predicted octanol–water partition coefficient (Wildman–Crippen LogP) is 3.07. The Bertz CT molecular complexity index is 1130. The molecule has 0 amide bonds. The summed E-state index contributed by atoms with van der Waals surface area (Å²) in [5.74, 6) is 0.745. The van der Waals surface area contributed by atoms with Gasteiger partial charge >= 0.3 is 0 Å². The van der Waals surface area contributed by atoms with Gasteiger partial charge in [-0.15, -0.1) is 11.3 Å². The number of hydrogen-bond donors (Lipinski definition) is 0. The van der Waals surface area contributed by atoms with Gasteiger partial charge in [-0.25, -0.2) is 4.98 Å². The van der Waals surface area contributed by atoms with E-state index in [4.69, 9.17) is 4.74 Å². The highest BCUT2D eigenvalue weighted by Crippen LogP contribution is 2.35. The minimum Gasteiger partial charge on any atom is -0.497 e. The molecule has 0 N–H and O–H groups in total. The largest absolute Gasteiger partial charge is 0.497 e. The highest BCUT2D eigenvalue weighted by molar-refractivity contribution is 7.25. The van der Waals surface area contributed by atoms with Crippen LogP contribution in [0.3, 0.4) is 0 Å². The fraction of sp³-hybridized carbons (Fsp3) is 0.167. The van der Waals surface area contributed by atoms with E-state index in [0.717, 1.165) is 32.7 Å². The standard InChI is InChI=1S/C18H16N4O2S/c1-21(2)13-8-19-9-14-15(13)16-17(25-14)18(23)22(10-20-16)11-4-6-12(24-3)7-5-11/h4-10H,1-3H3. The van der Waals surface area contributed by atoms with Gasteiger partial charge < -0.3 is 9.64 Å². The third kappa shape index (κ3) is 2.44. The van der Waals surface area contributed by atoms with E-state index in [1.807, 2.05) is 43.3 Å². The first-order valence-corrected chi connectivity index (χ1v) is 8.51. The number of hydrogen-bond acceptors (Lipinski definition) is 6. The van der Waals surface area contributed by atoms with Gasteiger partial charge in [-0.1, -0.05) is 0 Å². The fourth-order valence-corrected chi connectivity index (χ4v) is 3.90. The maximum absolute atomic E-state index is 13.0. The van der Waals surface area contributed by atoms with Crippen molar-refractivity contribution in [3.05, 3.63) is 53.3 Å². The summed E-state index contributed by atoms with van der Waals surface area (Å²) < 4.78 is 8.31. The van der Waals surface area contributed by atoms with Crippen molar-refractivity contribution in [2.75, 3.05) is 26.1 Å². The Hall–Kier alpha value is -2.93. The summed E-state index contributed by atoms with van der Waals surface area (Å²) in [7, 11) is 5.53. The summed E-state index contributed by atoms with van der Waals surface area (Å²) in [4.78, 5) is 23.8. The van der Waals surface area contributed by atoms with Crippen LogP contribution >= 0.6 is 11.3 Å². The second kappa shape index (κ2) is 5.86. The van der Waals surface area contributed by atoms with Gasteiger partial charge in [0.15, 0.2) is 0 Å². The molecule has 4 aromatic rings. The SMILES string of the molecule is COc1ccc(-n2cnc3c(sc4cncc(N(C)C)c43)c2=O)cc1. The van der Waals surface area contributed by atoms with Crippen molar-refractivity contribution in [2.24, 2.45) is 0 Å². The molecule has 0 radical (unpaired) electrons. The number of aromatic nitrogens is 3. The van der Waals surface area contributed by atoms with E-state index in [-0.39, 0.29) is 5.56 Å². The maximum Gasteiger partial charge on any atom is 0.275 e. The van der Waals surface area contributed by atoms with Gasteiger partial charge in [0.25, 0.3) is 5.56 Å². The van der Waals surface area contributed by atoms with Crippen LogP contribution in [0.25, 0.3) is 26.0 Å². The molecule has 6 nitrogen and oxygen atoms in total. The zero-order valence-electron chi connectivity index (χ0n) is 14.1. The summed E-state index contributed by atoms with van der Waals surface area (Å²) in [6, 6.07) is 7.33. The number of nitrogens with zero attached hydrogens (tertiary/aromatic N) is 4. The van der Waals surface area contributed by atoms with Crippen LogP contribution in [0, 0.1) is 0 Å². The molecule has 25 heavy (non-hydrogen) atoms. The molecule has 0 unspecified atom stereocenters. The van der Waals surface area contributed by atoms with Crippen LogP contribution < -0.4 is 15.2 Å². The first kappa shape index (κ1) is 15.6. The molecule has 3 aromatic heterocycles. The number of benzene rings is 1. The normalized spacial score (nSPS) is 11.2. The summed E-state index contributed by atoms with van der Waals surface area (Å²) in [5, 5.41) is 0.971. The van der Waals surface area contributed by atoms with Crippen molar-refractivity contribution in [3.63, 3.8) is 0 Å². The minimum atomic E-state index is -0.0823. The molecule has 0 atom stereocenters. The van der Waals surface area contributed by atoms with Gasteiger partial charge in [-0.2, -0.15) is 0 Å². The van der Waals surface area contributed by atoms with E-state index in [9.17, 15) is 4.79 Å². The van der Waals surface area contributed by atoms with Crippen molar-refractivity contribution >= 4 is 37.3 Å². The number of anilines is 1. The van der Waals surface area contributed by atoms with E-state index in [1.165, 1.54) is 11.3 Å². The third-order valence-electron chi connectivity index (χ3n) is 4.10. The van der Waals surface area contributed by atoms with E-state index >= 15 is 0 Å². The monoisotopic (exact) mass is 352 g/mol. The Balaban J connectivity index is 1.98. The molecule has 0 spiro atoms. The van der Waals surface area contributed by atoms with Gasteiger partial charge in [0.1, 0.15) is 16.8 Å². The van der Waals surface area contributed by atoms with Gasteiger partial charge in [0.2, 0.25) is 0 Å². The molecule has 0 bridgehead atoms. The molecule has 0 fully saturated rings. The molecule has 3 heterocycles. The summed E-state index contributed by atoms with van der Waals surface area (Å²) in [6.45, 7) is 0. The van der Waals surface area contributed by atoms with Crippen LogP contribution in [-0.2, 0) is 0 Å². The third-order valence-corrected chi connectivity index (χ3v) is 5.20. The molecule has 4 rings (SSSR count). The predicted molar refractivity (Wildman–Crippen MR) is 101 cm³/mol. The Morgan fingerprint density at radius 1 is 1.16 bits per heavy atom. The second-order valence-corrected chi connectivity index (χ2v) is 6.88. The quantitative estimate of drug-likeness (QED) is 0.567. The van der Waals surface area contributed by atoms with Gasteiger partial charge in [-0.05, 0) is 24.3 Å². The Morgan fingerprint density at radius 2 is 1.92 bits per heavy atom. The summed E-state index contributed by atoms with van der Waals surface area (Å²) in [6.07, 6.45) is 5.16. The molecule has 126 valence electrons. The summed E-state index contributed by atoms with van der Waals surface area (Å²) in [5.41, 5.74) is 2.35. The topological polar surface area (TPSA) is 60.2 Å². The Labute approximate surface area is 147 Å². The van der Waals surface area contributed by atoms with Crippen LogP contribution in [0.1, 0.15) is 0 Å². The van der Waals surface area contributed by atoms with Crippen LogP contribution in [0.4, 0.5) is 5.69 Å². The van der Waals surface area contributed by atoms with Crippen LogP contribution in [0.5, 0.6) is 5.75 Å². The maximum atomic E-state index is 13.0. The number of rotatable bonds is 3. The molecule has 0 aliphatic heterocycles. The fourth-order valence-electron chi connectivity index (χ4n) is 2.83. The van der Waals surface area contributed by atoms with E-state index in [2.05, 4.69) is 9.97 Å². The number of fused-ring (bicyclic) bond motifs is 3. The molecule has 0 saturated heterocycles. The van der Waals surface area contributed by atoms with Crippen molar-refractivity contribution in [3.8, 4) is 11.4 Å². The molecule has 0 aliphatic carbocycles. The molecular formula is C18H16N4O2S. The Kier molecular flexibility index (Phi) is 3.65. The van der Waals surface area contributed by atoms with E-state index in [0.29, 0.717) is 4.70 Å². The van der Waals surface area contributed by atoms with Gasteiger partial charge in [0.05, 0.1) is 34.9 Å². The Morgan fingerprint density at radius 3 is 2.60 bits per heavy atom. The van der Waals surface area contributed by atoms with E-state index in [1.54, 1.807) is 30.4 Å². The van der Waals surface area contributed by atoms with Gasteiger partial charge in [0, 0.05) is 25.7 Å². The molecular weight excluding hydrogens is 336 g/mol. The lowest BCUT2D eigenvalue weighted by atomic mass is 10.2. The molecule has 0 aliphatic rings. The minimum absolute atomic E-state index is 0.0823. The molecule has 1 aromatic carbocycles. The van der Waals surface area contributed by atoms with Crippen LogP contribution in [-0.4, -0.2) is 35.7 Å². The molecule has 7 heteroatoms. The highest BCUT2D eigenvalue weighted by Gasteiger charge is 2.16. The smallest absolute Gasteiger partial charge is 0.275 e. The van der Waals surface area contributed by atoms with Gasteiger partial charge in [-0.3, -0.25) is 14.3 Å². The van der Waals surface area contributed by atoms with Crippen molar-refractivity contribution < 1.29 is 4.74 Å². The van der Waals surface area contributed by atoms with Crippen molar-refractivity contribution in [2.45, 2.75) is 0 Å².